The molecule has 2 rings (SSSR count). The Kier molecular flexibility index (Phi) is 1.87. The molecule has 0 radical (unpaired) electrons. The van der Waals surface area contributed by atoms with Crippen molar-refractivity contribution in [1.82, 2.24) is 9.97 Å². The molecule has 2 N–H and O–H groups in total. The molecule has 0 saturated heterocycles. The van der Waals surface area contributed by atoms with Crippen LogP contribution >= 0.6 is 0 Å². The summed E-state index contributed by atoms with van der Waals surface area (Å²) in [6.07, 6.45) is 0.964. The summed E-state index contributed by atoms with van der Waals surface area (Å²) in [6, 6.07) is 0.999. The first-order chi connectivity index (χ1) is 6.58. The molecule has 0 bridgehead atoms. The van der Waals surface area contributed by atoms with Crippen molar-refractivity contribution in [2.75, 3.05) is 0 Å². The van der Waals surface area contributed by atoms with Crippen molar-refractivity contribution >= 4 is 5.97 Å². The smallest absolute Gasteiger partial charge is 0.354 e. The monoisotopic (exact) mass is 194 g/mol. The summed E-state index contributed by atoms with van der Waals surface area (Å²) in [5.41, 5.74) is -0.575. The van der Waals surface area contributed by atoms with Gasteiger partial charge in [0, 0.05) is 12.0 Å². The van der Waals surface area contributed by atoms with Crippen LogP contribution in [-0.2, 0) is 0 Å². The molecular weight excluding hydrogens is 184 g/mol. The maximum absolute atomic E-state index is 11.1. The standard InChI is InChI=1S/C9H10N2O3/c1-4-2-5(4)8-10-6(9(13)14)3-7(12)11-8/h3-5H,2H2,1H3,(H,13,14)(H,10,11,12)/t4-,5+/m0/s1. The highest BCUT2D eigenvalue weighted by atomic mass is 16.4. The van der Waals surface area contributed by atoms with Gasteiger partial charge in [-0.05, 0) is 12.3 Å². The summed E-state index contributed by atoms with van der Waals surface area (Å²) >= 11 is 0. The van der Waals surface area contributed by atoms with E-state index in [-0.39, 0.29) is 11.6 Å². The van der Waals surface area contributed by atoms with Gasteiger partial charge in [0.15, 0.2) is 5.69 Å². The van der Waals surface area contributed by atoms with E-state index in [1.54, 1.807) is 0 Å². The molecule has 1 heterocycles. The van der Waals surface area contributed by atoms with Crippen LogP contribution in [0.1, 0.15) is 35.6 Å². The minimum atomic E-state index is -1.16. The number of carboxylic acids is 1. The number of carbonyl (C=O) groups is 1. The van der Waals surface area contributed by atoms with Gasteiger partial charge in [0.1, 0.15) is 5.82 Å². The summed E-state index contributed by atoms with van der Waals surface area (Å²) in [4.78, 5) is 28.2. The molecule has 1 saturated carbocycles. The second-order valence-corrected chi connectivity index (χ2v) is 3.64. The lowest BCUT2D eigenvalue weighted by Gasteiger charge is -1.98. The van der Waals surface area contributed by atoms with Crippen LogP contribution in [0.2, 0.25) is 0 Å². The van der Waals surface area contributed by atoms with E-state index in [1.165, 1.54) is 0 Å². The predicted octanol–water partition coefficient (Wildman–Crippen LogP) is 0.591. The van der Waals surface area contributed by atoms with Crippen LogP contribution in [0.15, 0.2) is 10.9 Å². The molecule has 0 unspecified atom stereocenters. The SMILES string of the molecule is C[C@H]1C[C@H]1c1nc(C(=O)O)cc(=O)[nH]1. The zero-order valence-corrected chi connectivity index (χ0v) is 7.65. The van der Waals surface area contributed by atoms with E-state index in [0.29, 0.717) is 11.7 Å². The number of rotatable bonds is 2. The maximum Gasteiger partial charge on any atom is 0.354 e. The number of aromatic nitrogens is 2. The van der Waals surface area contributed by atoms with Gasteiger partial charge in [-0.3, -0.25) is 4.79 Å². The Balaban J connectivity index is 2.42. The van der Waals surface area contributed by atoms with Gasteiger partial charge >= 0.3 is 5.97 Å². The number of nitrogens with one attached hydrogen (secondary N) is 1. The molecule has 1 aromatic rings. The van der Waals surface area contributed by atoms with Crippen LogP contribution in [0.25, 0.3) is 0 Å². The Morgan fingerprint density at radius 2 is 2.36 bits per heavy atom. The maximum atomic E-state index is 11.1. The quantitative estimate of drug-likeness (QED) is 0.721. The van der Waals surface area contributed by atoms with Crippen LogP contribution in [-0.4, -0.2) is 21.0 Å². The molecule has 5 heteroatoms. The summed E-state index contributed by atoms with van der Waals surface area (Å²) < 4.78 is 0. The van der Waals surface area contributed by atoms with Crippen LogP contribution < -0.4 is 5.56 Å². The molecule has 1 aliphatic carbocycles. The van der Waals surface area contributed by atoms with Crippen LogP contribution in [0, 0.1) is 5.92 Å². The molecule has 1 aromatic heterocycles. The Morgan fingerprint density at radius 1 is 1.71 bits per heavy atom. The van der Waals surface area contributed by atoms with Crippen molar-refractivity contribution in [3.63, 3.8) is 0 Å². The topological polar surface area (TPSA) is 83.0 Å². The lowest BCUT2D eigenvalue weighted by atomic mass is 10.3. The summed E-state index contributed by atoms with van der Waals surface area (Å²) in [5.74, 6) is 0.0530. The first-order valence-electron chi connectivity index (χ1n) is 4.42. The fourth-order valence-electron chi connectivity index (χ4n) is 1.46. The van der Waals surface area contributed by atoms with E-state index in [0.717, 1.165) is 12.5 Å². The van der Waals surface area contributed by atoms with Crippen molar-refractivity contribution in [2.45, 2.75) is 19.3 Å². The highest BCUT2D eigenvalue weighted by Gasteiger charge is 2.36. The zero-order chi connectivity index (χ0) is 10.3. The lowest BCUT2D eigenvalue weighted by molar-refractivity contribution is 0.0689. The minimum absolute atomic E-state index is 0.178. The van der Waals surface area contributed by atoms with Gasteiger partial charge in [0.05, 0.1) is 0 Å². The van der Waals surface area contributed by atoms with E-state index in [4.69, 9.17) is 5.11 Å². The van der Waals surface area contributed by atoms with E-state index >= 15 is 0 Å². The van der Waals surface area contributed by atoms with Gasteiger partial charge in [-0.1, -0.05) is 6.92 Å². The molecule has 1 fully saturated rings. The van der Waals surface area contributed by atoms with Crippen molar-refractivity contribution < 1.29 is 9.90 Å². The summed E-state index contributed by atoms with van der Waals surface area (Å²) in [6.45, 7) is 2.04. The lowest BCUT2D eigenvalue weighted by Crippen LogP contribution is -2.15. The van der Waals surface area contributed by atoms with Gasteiger partial charge in [-0.15, -0.1) is 0 Å². The third kappa shape index (κ3) is 1.53. The van der Waals surface area contributed by atoms with Crippen LogP contribution in [0.4, 0.5) is 0 Å². The number of carboxylic acid groups (broad SMARTS) is 1. The number of H-pyrrole nitrogens is 1. The van der Waals surface area contributed by atoms with Crippen molar-refractivity contribution in [1.29, 1.82) is 0 Å². The molecule has 14 heavy (non-hydrogen) atoms. The minimum Gasteiger partial charge on any atom is -0.477 e. The molecule has 0 aromatic carbocycles. The van der Waals surface area contributed by atoms with Gasteiger partial charge in [0.25, 0.3) is 5.56 Å². The first kappa shape index (κ1) is 8.93. The fraction of sp³-hybridized carbons (Fsp3) is 0.444. The summed E-state index contributed by atoms with van der Waals surface area (Å²) in [7, 11) is 0. The predicted molar refractivity (Wildman–Crippen MR) is 48.3 cm³/mol. The Labute approximate surface area is 79.8 Å². The average molecular weight is 194 g/mol. The van der Waals surface area contributed by atoms with Crippen molar-refractivity contribution in [3.05, 3.63) is 27.9 Å². The highest BCUT2D eigenvalue weighted by Crippen LogP contribution is 2.44. The molecule has 2 atom stereocenters. The van der Waals surface area contributed by atoms with E-state index in [2.05, 4.69) is 9.97 Å². The van der Waals surface area contributed by atoms with Gasteiger partial charge < -0.3 is 10.1 Å². The third-order valence-electron chi connectivity index (χ3n) is 2.44. The fourth-order valence-corrected chi connectivity index (χ4v) is 1.46. The number of hydrogen-bond donors (Lipinski definition) is 2. The third-order valence-corrected chi connectivity index (χ3v) is 2.44. The molecule has 0 aliphatic heterocycles. The van der Waals surface area contributed by atoms with Gasteiger partial charge in [0.2, 0.25) is 0 Å². The van der Waals surface area contributed by atoms with Gasteiger partial charge in [-0.2, -0.15) is 0 Å². The Hall–Kier alpha value is -1.65. The molecular formula is C9H10N2O3. The van der Waals surface area contributed by atoms with Crippen molar-refractivity contribution in [3.8, 4) is 0 Å². The molecule has 0 amide bonds. The number of aromatic amines is 1. The average Bonchev–Trinajstić information content (AvgIpc) is 2.81. The largest absolute Gasteiger partial charge is 0.477 e. The Bertz CT molecular complexity index is 438. The van der Waals surface area contributed by atoms with E-state index in [9.17, 15) is 9.59 Å². The second-order valence-electron chi connectivity index (χ2n) is 3.64. The van der Waals surface area contributed by atoms with E-state index in [1.807, 2.05) is 6.92 Å². The van der Waals surface area contributed by atoms with Crippen molar-refractivity contribution in [2.24, 2.45) is 5.92 Å². The molecule has 0 spiro atoms. The second kappa shape index (κ2) is 2.94. The highest BCUT2D eigenvalue weighted by molar-refractivity contribution is 5.85. The number of hydrogen-bond acceptors (Lipinski definition) is 3. The summed E-state index contributed by atoms with van der Waals surface area (Å²) in [5, 5.41) is 8.69. The Morgan fingerprint density at radius 3 is 2.86 bits per heavy atom. The normalized spacial score (nSPS) is 24.6. The van der Waals surface area contributed by atoms with Crippen LogP contribution in [0.5, 0.6) is 0 Å². The van der Waals surface area contributed by atoms with Gasteiger partial charge in [-0.25, -0.2) is 9.78 Å². The molecule has 5 nitrogen and oxygen atoms in total. The molecule has 74 valence electrons. The molecule has 1 aliphatic rings. The van der Waals surface area contributed by atoms with Crippen LogP contribution in [0.3, 0.4) is 0 Å². The zero-order valence-electron chi connectivity index (χ0n) is 7.65. The number of aromatic carboxylic acids is 1. The first-order valence-corrected chi connectivity index (χ1v) is 4.42. The van der Waals surface area contributed by atoms with E-state index < -0.39 is 11.5 Å². The number of nitrogens with zero attached hydrogens (tertiary/aromatic N) is 1.